The molecular weight excluding hydrogens is 745 g/mol. The molecule has 0 aromatic rings. The van der Waals surface area contributed by atoms with Crippen LogP contribution in [0.4, 0.5) is 0 Å². The van der Waals surface area contributed by atoms with Crippen LogP contribution in [0.2, 0.25) is 0 Å². The molecule has 8 N–H and O–H groups in total. The highest BCUT2D eigenvalue weighted by Crippen LogP contribution is 2.10. The normalized spacial score (nSPS) is 15.9. The maximum atomic E-state index is 12.0. The zero-order valence-electron chi connectivity index (χ0n) is 38.1. The van der Waals surface area contributed by atoms with Crippen molar-refractivity contribution >= 4 is 11.9 Å². The van der Waals surface area contributed by atoms with Crippen LogP contribution < -0.4 is 22.9 Å². The van der Waals surface area contributed by atoms with Crippen molar-refractivity contribution in [1.29, 1.82) is 0 Å². The molecule has 0 bridgehead atoms. The van der Waals surface area contributed by atoms with Crippen LogP contribution in [0.1, 0.15) is 107 Å². The molecule has 0 saturated carbocycles. The lowest BCUT2D eigenvalue weighted by molar-refractivity contribution is -0.145. The average Bonchev–Trinajstić information content (AvgIpc) is 3.20. The highest BCUT2D eigenvalue weighted by atomic mass is 16.5. The second-order valence-electron chi connectivity index (χ2n) is 15.3. The van der Waals surface area contributed by atoms with Gasteiger partial charge in [-0.15, -0.1) is 0 Å². The molecule has 0 unspecified atom stereocenters. The van der Waals surface area contributed by atoms with Gasteiger partial charge in [-0.1, -0.05) is 168 Å². The molecule has 0 saturated heterocycles. The Morgan fingerprint density at radius 2 is 0.783 bits per heavy atom. The van der Waals surface area contributed by atoms with Gasteiger partial charge in [-0.05, 0) is 118 Å². The van der Waals surface area contributed by atoms with Crippen LogP contribution in [0.5, 0.6) is 0 Å². The first-order chi connectivity index (χ1) is 28.7. The predicted molar refractivity (Wildman–Crippen MR) is 258 cm³/mol. The second kappa shape index (κ2) is 36.0. The molecule has 0 heterocycles. The molecule has 0 aromatic heterocycles. The minimum atomic E-state index is -0.597. The minimum Gasteiger partial charge on any atom is -0.460 e. The maximum Gasteiger partial charge on any atom is 0.323 e. The van der Waals surface area contributed by atoms with Gasteiger partial charge in [-0.3, -0.25) is 9.59 Å². The molecule has 8 nitrogen and oxygen atoms in total. The largest absolute Gasteiger partial charge is 0.460 e. The molecule has 0 amide bonds. The number of unbranched alkanes of at least 4 members (excludes halogenated alkanes) is 2. The summed E-state index contributed by atoms with van der Waals surface area (Å²) in [6.07, 6.45) is 47.7. The monoisotopic (exact) mass is 823 g/mol. The van der Waals surface area contributed by atoms with Crippen molar-refractivity contribution in [3.63, 3.8) is 0 Å². The van der Waals surface area contributed by atoms with Crippen LogP contribution in [-0.4, -0.2) is 50.3 Å². The third-order valence-electron chi connectivity index (χ3n) is 8.92. The SMILES string of the molecule is C/C(=C/CC/C(C)=C/C=C/C(C)=C/C=C/C(C)=C/C=C/C=C(C)/C=C/C=C(C)/C=C/C=C(C)/C=C/C=C(\C)COC(=O)[C@@H](N)CCCCN)COC(=O)[C@@H](N)CCCCN. The van der Waals surface area contributed by atoms with E-state index in [1.807, 2.05) is 57.2 Å². The second-order valence-corrected chi connectivity index (χ2v) is 15.3. The highest BCUT2D eigenvalue weighted by molar-refractivity contribution is 5.76. The molecule has 0 rings (SSSR count). The van der Waals surface area contributed by atoms with Gasteiger partial charge >= 0.3 is 11.9 Å². The molecule has 0 aromatic carbocycles. The number of hydrogen-bond donors (Lipinski definition) is 4. The fourth-order valence-corrected chi connectivity index (χ4v) is 5.05. The maximum absolute atomic E-state index is 12.0. The zero-order valence-corrected chi connectivity index (χ0v) is 38.1. The summed E-state index contributed by atoms with van der Waals surface area (Å²) in [5, 5.41) is 0. The molecule has 0 fully saturated rings. The van der Waals surface area contributed by atoms with Gasteiger partial charge in [0.2, 0.25) is 0 Å². The number of ether oxygens (including phenoxy) is 2. The summed E-state index contributed by atoms with van der Waals surface area (Å²) in [4.78, 5) is 24.1. The first-order valence-corrected chi connectivity index (χ1v) is 21.3. The molecular formula is C52H78N4O4. The lowest BCUT2D eigenvalue weighted by Gasteiger charge is -2.11. The standard InChI is InChI=1S/C52H78N4O4/c1-41(23-15-25-43(3)27-17-29-45(5)31-19-33-47(7)39-59-51(57)49(55)35-11-13-37-53)21-9-10-22-42(2)24-16-26-44(4)28-18-30-46(6)32-20-34-48(8)40-60-52(58)50(56)36-12-14-38-54/h9-10,15-19,21-31,33-34,49-50H,11-14,20,32,35-40,53-56H2,1-8H3/b10-9+,23-15+,24-16+,27-17+,28-18+,31-19+,41-21+,42-22+,43-25+,44-26+,45-29+,46-30+,47-33+,48-34-/t49-,50-/m0/s1. The van der Waals surface area contributed by atoms with Crippen LogP contribution in [-0.2, 0) is 19.1 Å². The van der Waals surface area contributed by atoms with E-state index in [-0.39, 0.29) is 25.2 Å². The molecule has 60 heavy (non-hydrogen) atoms. The first kappa shape index (κ1) is 55.1. The first-order valence-electron chi connectivity index (χ1n) is 21.3. The van der Waals surface area contributed by atoms with E-state index in [0.29, 0.717) is 25.9 Å². The number of hydrogen-bond acceptors (Lipinski definition) is 8. The molecule has 0 aliphatic rings. The summed E-state index contributed by atoms with van der Waals surface area (Å²) < 4.78 is 10.7. The van der Waals surface area contributed by atoms with Gasteiger partial charge in [0.05, 0.1) is 0 Å². The number of carbonyl (C=O) groups excluding carboxylic acids is 2. The van der Waals surface area contributed by atoms with Crippen LogP contribution in [0, 0.1) is 0 Å². The van der Waals surface area contributed by atoms with Crippen LogP contribution >= 0.6 is 0 Å². The van der Waals surface area contributed by atoms with E-state index in [2.05, 4.69) is 120 Å². The van der Waals surface area contributed by atoms with E-state index in [4.69, 9.17) is 32.4 Å². The molecule has 0 radical (unpaired) electrons. The van der Waals surface area contributed by atoms with Crippen molar-refractivity contribution in [2.24, 2.45) is 22.9 Å². The average molecular weight is 823 g/mol. The van der Waals surface area contributed by atoms with E-state index in [0.717, 1.165) is 77.5 Å². The Morgan fingerprint density at radius 1 is 0.450 bits per heavy atom. The topological polar surface area (TPSA) is 157 Å². The summed E-state index contributed by atoms with van der Waals surface area (Å²) in [7, 11) is 0. The Balaban J connectivity index is 4.73. The van der Waals surface area contributed by atoms with Gasteiger partial charge in [-0.25, -0.2) is 0 Å². The fourth-order valence-electron chi connectivity index (χ4n) is 5.05. The van der Waals surface area contributed by atoms with Crippen molar-refractivity contribution in [2.75, 3.05) is 26.3 Å². The number of nitrogens with two attached hydrogens (primary N) is 4. The number of allylic oxidation sites excluding steroid dienone is 26. The van der Waals surface area contributed by atoms with Gasteiger partial charge in [0.1, 0.15) is 25.3 Å². The van der Waals surface area contributed by atoms with E-state index < -0.39 is 12.1 Å². The Morgan fingerprint density at radius 3 is 1.17 bits per heavy atom. The molecule has 0 aliphatic heterocycles. The van der Waals surface area contributed by atoms with Crippen molar-refractivity contribution in [1.82, 2.24) is 0 Å². The summed E-state index contributed by atoms with van der Waals surface area (Å²) in [5.41, 5.74) is 31.7. The zero-order chi connectivity index (χ0) is 45.0. The van der Waals surface area contributed by atoms with E-state index in [1.165, 1.54) is 5.57 Å². The number of rotatable bonds is 29. The Labute approximate surface area is 364 Å². The summed E-state index contributed by atoms with van der Waals surface area (Å²) in [5.74, 6) is -0.720. The van der Waals surface area contributed by atoms with E-state index in [9.17, 15) is 9.59 Å². The van der Waals surface area contributed by atoms with Gasteiger partial charge in [0, 0.05) is 0 Å². The molecule has 8 heteroatoms. The van der Waals surface area contributed by atoms with Gasteiger partial charge in [-0.2, -0.15) is 0 Å². The van der Waals surface area contributed by atoms with Crippen molar-refractivity contribution in [3.8, 4) is 0 Å². The van der Waals surface area contributed by atoms with Crippen molar-refractivity contribution < 1.29 is 19.1 Å². The van der Waals surface area contributed by atoms with Crippen LogP contribution in [0.25, 0.3) is 0 Å². The van der Waals surface area contributed by atoms with E-state index >= 15 is 0 Å². The van der Waals surface area contributed by atoms with E-state index in [1.54, 1.807) is 0 Å². The lowest BCUT2D eigenvalue weighted by atomic mass is 10.1. The molecule has 330 valence electrons. The lowest BCUT2D eigenvalue weighted by Crippen LogP contribution is -2.32. The highest BCUT2D eigenvalue weighted by Gasteiger charge is 2.15. The molecule has 0 aliphatic carbocycles. The van der Waals surface area contributed by atoms with Crippen molar-refractivity contribution in [3.05, 3.63) is 166 Å². The predicted octanol–water partition coefficient (Wildman–Crippen LogP) is 10.7. The van der Waals surface area contributed by atoms with Gasteiger partial charge < -0.3 is 32.4 Å². The smallest absolute Gasteiger partial charge is 0.323 e. The Kier molecular flexibility index (Phi) is 33.1. The van der Waals surface area contributed by atoms with Crippen molar-refractivity contribution in [2.45, 2.75) is 119 Å². The number of esters is 2. The number of carbonyl (C=O) groups is 2. The van der Waals surface area contributed by atoms with Gasteiger partial charge in [0.25, 0.3) is 0 Å². The summed E-state index contributed by atoms with van der Waals surface area (Å²) in [6, 6.07) is -1.18. The fraction of sp³-hybridized carbons (Fsp3) is 0.423. The molecule has 2 atom stereocenters. The van der Waals surface area contributed by atoms with Gasteiger partial charge in [0.15, 0.2) is 0 Å². The van der Waals surface area contributed by atoms with Crippen LogP contribution in [0.3, 0.4) is 0 Å². The Bertz CT molecular complexity index is 1720. The summed E-state index contributed by atoms with van der Waals surface area (Å²) >= 11 is 0. The van der Waals surface area contributed by atoms with Crippen LogP contribution in [0.15, 0.2) is 166 Å². The third-order valence-corrected chi connectivity index (χ3v) is 8.92. The minimum absolute atomic E-state index is 0.227. The summed E-state index contributed by atoms with van der Waals surface area (Å²) in [6.45, 7) is 18.1. The quantitative estimate of drug-likeness (QED) is 0.0251. The molecule has 0 spiro atoms. The third kappa shape index (κ3) is 33.0. The Hall–Kier alpha value is -4.86.